The number of hydrogen-bond donors (Lipinski definition) is 1. The van der Waals surface area contributed by atoms with Gasteiger partial charge in [-0.3, -0.25) is 0 Å². The summed E-state index contributed by atoms with van der Waals surface area (Å²) in [7, 11) is 1.45. The molecule has 0 unspecified atom stereocenters. The first-order valence-electron chi connectivity index (χ1n) is 3.71. The highest BCUT2D eigenvalue weighted by Crippen LogP contribution is 1.99. The molecule has 0 spiro atoms. The summed E-state index contributed by atoms with van der Waals surface area (Å²) >= 11 is 0. The minimum absolute atomic E-state index is 0.221. The molecule has 1 heterocycles. The van der Waals surface area contributed by atoms with Gasteiger partial charge in [0.1, 0.15) is 0 Å². The van der Waals surface area contributed by atoms with Gasteiger partial charge in [-0.25, -0.2) is 4.79 Å². The van der Waals surface area contributed by atoms with Crippen molar-refractivity contribution in [1.29, 1.82) is 0 Å². The van der Waals surface area contributed by atoms with Gasteiger partial charge in [-0.15, -0.1) is 0 Å². The molecule has 1 aromatic rings. The maximum absolute atomic E-state index is 10.8. The quantitative estimate of drug-likeness (QED) is 0.532. The molecule has 5 heteroatoms. The van der Waals surface area contributed by atoms with E-state index in [9.17, 15) is 10.0 Å². The Hall–Kier alpha value is -1.78. The summed E-state index contributed by atoms with van der Waals surface area (Å²) in [4.78, 5) is 11.5. The molecule has 0 saturated carbocycles. The zero-order valence-electron chi connectivity index (χ0n) is 7.17. The molecule has 70 valence electrons. The second-order valence-corrected chi connectivity index (χ2v) is 2.71. The third-order valence-corrected chi connectivity index (χ3v) is 1.58. The summed E-state index contributed by atoms with van der Waals surface area (Å²) in [5, 5.41) is 19.3. The second-order valence-electron chi connectivity index (χ2n) is 2.71. The first-order chi connectivity index (χ1) is 6.09. The Morgan fingerprint density at radius 2 is 2.46 bits per heavy atom. The first kappa shape index (κ1) is 9.31. The third kappa shape index (κ3) is 2.62. The van der Waals surface area contributed by atoms with Crippen LogP contribution >= 0.6 is 0 Å². The van der Waals surface area contributed by atoms with Crippen LogP contribution < -0.4 is 4.73 Å². The van der Waals surface area contributed by atoms with E-state index >= 15 is 0 Å². The van der Waals surface area contributed by atoms with Crippen LogP contribution in [0.25, 0.3) is 0 Å². The summed E-state index contributed by atoms with van der Waals surface area (Å²) in [6, 6.07) is 3.28. The maximum atomic E-state index is 10.8. The van der Waals surface area contributed by atoms with E-state index in [-0.39, 0.29) is 6.54 Å². The Labute approximate surface area is 75.4 Å². The normalized spacial score (nSPS) is 9.62. The van der Waals surface area contributed by atoms with Crippen molar-refractivity contribution in [3.8, 4) is 0 Å². The fourth-order valence-corrected chi connectivity index (χ4v) is 0.936. The number of hydrogen-bond acceptors (Lipinski definition) is 2. The predicted octanol–water partition coefficient (Wildman–Crippen LogP) is 0.430. The summed E-state index contributed by atoms with van der Waals surface area (Å²) in [5.41, 5.74) is 0.669. The van der Waals surface area contributed by atoms with Crippen molar-refractivity contribution in [1.82, 2.24) is 4.90 Å². The van der Waals surface area contributed by atoms with Gasteiger partial charge in [-0.2, -0.15) is 4.73 Å². The minimum atomic E-state index is -1.01. The lowest BCUT2D eigenvalue weighted by Crippen LogP contribution is -2.28. The molecule has 0 saturated heterocycles. The van der Waals surface area contributed by atoms with Crippen LogP contribution in [0.3, 0.4) is 0 Å². The van der Waals surface area contributed by atoms with Crippen LogP contribution in [0.4, 0.5) is 4.79 Å². The Balaban J connectivity index is 2.69. The Morgan fingerprint density at radius 1 is 1.77 bits per heavy atom. The summed E-state index contributed by atoms with van der Waals surface area (Å²) in [6.07, 6.45) is 1.69. The average Bonchev–Trinajstić information content (AvgIpc) is 2.04. The third-order valence-electron chi connectivity index (χ3n) is 1.58. The molecule has 0 bridgehead atoms. The van der Waals surface area contributed by atoms with Crippen molar-refractivity contribution >= 4 is 6.09 Å². The highest BCUT2D eigenvalue weighted by Gasteiger charge is 2.07. The van der Waals surface area contributed by atoms with Crippen molar-refractivity contribution in [2.75, 3.05) is 7.05 Å². The number of carbonyl (C=O) groups is 1. The van der Waals surface area contributed by atoms with Crippen LogP contribution in [0, 0.1) is 5.21 Å². The number of rotatable bonds is 2. The van der Waals surface area contributed by atoms with Crippen molar-refractivity contribution in [2.45, 2.75) is 6.54 Å². The molecule has 1 rings (SSSR count). The molecule has 0 atom stereocenters. The molecule has 1 amide bonds. The van der Waals surface area contributed by atoms with E-state index in [2.05, 4.69) is 0 Å². The molecule has 0 aliphatic carbocycles. The lowest BCUT2D eigenvalue weighted by molar-refractivity contribution is -0.605. The van der Waals surface area contributed by atoms with Crippen LogP contribution in [0.1, 0.15) is 5.56 Å². The standard InChI is InChI=1S/C8H10N2O3/c1-9(8(11)12)5-7-3-2-4-10(13)6-7/h2-4,6H,5H2,1H3,(H,11,12). The lowest BCUT2D eigenvalue weighted by Gasteiger charge is -2.11. The smallest absolute Gasteiger partial charge is 0.407 e. The summed E-state index contributed by atoms with van der Waals surface area (Å²) in [6.45, 7) is 0.221. The highest BCUT2D eigenvalue weighted by atomic mass is 16.5. The van der Waals surface area contributed by atoms with E-state index in [1.54, 1.807) is 12.1 Å². The van der Waals surface area contributed by atoms with Gasteiger partial charge in [0.2, 0.25) is 0 Å². The molecule has 0 radical (unpaired) electrons. The number of carboxylic acid groups (broad SMARTS) is 1. The van der Waals surface area contributed by atoms with Crippen LogP contribution in [0.15, 0.2) is 24.5 Å². The predicted molar refractivity (Wildman–Crippen MR) is 44.9 cm³/mol. The monoisotopic (exact) mass is 182 g/mol. The zero-order chi connectivity index (χ0) is 9.84. The van der Waals surface area contributed by atoms with Gasteiger partial charge in [-0.1, -0.05) is 0 Å². The maximum Gasteiger partial charge on any atom is 0.407 e. The van der Waals surface area contributed by atoms with Gasteiger partial charge in [0.15, 0.2) is 12.4 Å². The molecular weight excluding hydrogens is 172 g/mol. The summed E-state index contributed by atoms with van der Waals surface area (Å²) in [5.74, 6) is 0. The molecule has 0 aromatic carbocycles. The van der Waals surface area contributed by atoms with Crippen LogP contribution in [0.5, 0.6) is 0 Å². The molecular formula is C8H10N2O3. The van der Waals surface area contributed by atoms with E-state index in [1.807, 2.05) is 0 Å². The number of aromatic nitrogens is 1. The molecule has 0 aliphatic heterocycles. The van der Waals surface area contributed by atoms with E-state index in [4.69, 9.17) is 5.11 Å². The number of amides is 1. The Morgan fingerprint density at radius 3 is 3.00 bits per heavy atom. The van der Waals surface area contributed by atoms with Crippen molar-refractivity contribution < 1.29 is 14.6 Å². The topological polar surface area (TPSA) is 67.5 Å². The van der Waals surface area contributed by atoms with Crippen LogP contribution in [-0.4, -0.2) is 23.1 Å². The van der Waals surface area contributed by atoms with E-state index in [0.29, 0.717) is 10.3 Å². The van der Waals surface area contributed by atoms with Crippen molar-refractivity contribution in [2.24, 2.45) is 0 Å². The SMILES string of the molecule is CN(Cc1ccc[n+]([O-])c1)C(=O)O. The summed E-state index contributed by atoms with van der Waals surface area (Å²) < 4.78 is 0.644. The van der Waals surface area contributed by atoms with Gasteiger partial charge in [0.25, 0.3) is 0 Å². The largest absolute Gasteiger partial charge is 0.619 e. The molecule has 1 N–H and O–H groups in total. The molecule has 0 aliphatic rings. The fourth-order valence-electron chi connectivity index (χ4n) is 0.936. The van der Waals surface area contributed by atoms with Crippen molar-refractivity contribution in [3.63, 3.8) is 0 Å². The van der Waals surface area contributed by atoms with Crippen LogP contribution in [0.2, 0.25) is 0 Å². The number of pyridine rings is 1. The average molecular weight is 182 g/mol. The molecule has 13 heavy (non-hydrogen) atoms. The Kier molecular flexibility index (Phi) is 2.69. The molecule has 5 nitrogen and oxygen atoms in total. The fraction of sp³-hybridized carbons (Fsp3) is 0.250. The minimum Gasteiger partial charge on any atom is -0.619 e. The van der Waals surface area contributed by atoms with Crippen LogP contribution in [-0.2, 0) is 6.54 Å². The van der Waals surface area contributed by atoms with Crippen molar-refractivity contribution in [3.05, 3.63) is 35.3 Å². The zero-order valence-corrected chi connectivity index (χ0v) is 7.17. The van der Waals surface area contributed by atoms with Gasteiger partial charge in [0, 0.05) is 18.7 Å². The Bertz CT molecular complexity index is 314. The second kappa shape index (κ2) is 3.75. The van der Waals surface area contributed by atoms with Gasteiger partial charge in [0.05, 0.1) is 6.54 Å². The molecule has 1 aromatic heterocycles. The van der Waals surface area contributed by atoms with Gasteiger partial charge >= 0.3 is 6.09 Å². The first-order valence-corrected chi connectivity index (χ1v) is 3.71. The number of nitrogens with zero attached hydrogens (tertiary/aromatic N) is 2. The van der Waals surface area contributed by atoms with E-state index in [0.717, 1.165) is 4.90 Å². The highest BCUT2D eigenvalue weighted by molar-refractivity contribution is 5.64. The molecule has 0 fully saturated rings. The van der Waals surface area contributed by atoms with Gasteiger partial charge in [-0.05, 0) is 6.07 Å². The lowest BCUT2D eigenvalue weighted by atomic mass is 10.3. The van der Waals surface area contributed by atoms with Gasteiger partial charge < -0.3 is 15.2 Å². The van der Waals surface area contributed by atoms with E-state index in [1.165, 1.54) is 19.4 Å². The van der Waals surface area contributed by atoms with E-state index < -0.39 is 6.09 Å².